The van der Waals surface area contributed by atoms with Gasteiger partial charge in [-0.3, -0.25) is 9.59 Å². The van der Waals surface area contributed by atoms with Gasteiger partial charge in [-0.25, -0.2) is 0 Å². The zero-order valence-corrected chi connectivity index (χ0v) is 8.95. The van der Waals surface area contributed by atoms with Crippen LogP contribution in [0.3, 0.4) is 0 Å². The number of carboxylic acids is 2. The molecule has 0 bridgehead atoms. The maximum atomic E-state index is 9.43. The third kappa shape index (κ3) is 31.4. The molecule has 0 spiro atoms. The van der Waals surface area contributed by atoms with Gasteiger partial charge in [0.15, 0.2) is 0 Å². The van der Waals surface area contributed by atoms with Crippen LogP contribution in [0.15, 0.2) is 0 Å². The van der Waals surface area contributed by atoms with Crippen LogP contribution in [0.2, 0.25) is 5.09 Å². The van der Waals surface area contributed by atoms with Crippen molar-refractivity contribution in [3.05, 3.63) is 0 Å². The summed E-state index contributed by atoms with van der Waals surface area (Å²) in [6, 6.07) is 0. The molecule has 0 fully saturated rings. The van der Waals surface area contributed by atoms with Crippen LogP contribution in [0.5, 0.6) is 0 Å². The summed E-state index contributed by atoms with van der Waals surface area (Å²) in [4.78, 5) is 18.9. The SMILES string of the molecule is O=C(O)CC(=O)O.[Li][CH2]CCCCC.[NaH]. The molecule has 0 heterocycles. The van der Waals surface area contributed by atoms with E-state index in [0.29, 0.717) is 0 Å². The first-order chi connectivity index (χ1) is 6.54. The van der Waals surface area contributed by atoms with E-state index in [1.54, 1.807) is 0 Å². The number of hydrogen-bond donors (Lipinski definition) is 2. The third-order valence-corrected chi connectivity index (χ3v) is 1.51. The van der Waals surface area contributed by atoms with Gasteiger partial charge in [-0.2, -0.15) is 0 Å². The first kappa shape index (κ1) is 20.9. The van der Waals surface area contributed by atoms with Crippen LogP contribution in [-0.2, 0) is 9.59 Å². The molecular weight excluding hydrogens is 202 g/mol. The Morgan fingerprint density at radius 2 is 1.53 bits per heavy atom. The van der Waals surface area contributed by atoms with Crippen molar-refractivity contribution in [1.82, 2.24) is 0 Å². The van der Waals surface area contributed by atoms with Gasteiger partial charge in [0.25, 0.3) is 0 Å². The summed E-state index contributed by atoms with van der Waals surface area (Å²) >= 11 is 2.25. The molecule has 2 N–H and O–H groups in total. The number of hydrogen-bond acceptors (Lipinski definition) is 2. The zero-order chi connectivity index (χ0) is 11.4. The first-order valence-electron chi connectivity index (χ1n) is 4.98. The molecule has 0 saturated carbocycles. The fraction of sp³-hybridized carbons (Fsp3) is 0.778. The Morgan fingerprint density at radius 1 is 1.07 bits per heavy atom. The predicted molar refractivity (Wildman–Crippen MR) is 61.7 cm³/mol. The monoisotopic (exact) mass is 220 g/mol. The van der Waals surface area contributed by atoms with Crippen molar-refractivity contribution >= 4 is 59.2 Å². The molecule has 4 nitrogen and oxygen atoms in total. The van der Waals surface area contributed by atoms with E-state index in [1.165, 1.54) is 30.8 Å². The van der Waals surface area contributed by atoms with Gasteiger partial charge in [0.05, 0.1) is 0 Å². The van der Waals surface area contributed by atoms with Crippen LogP contribution in [0.1, 0.15) is 39.0 Å². The van der Waals surface area contributed by atoms with Gasteiger partial charge in [0.1, 0.15) is 6.42 Å². The van der Waals surface area contributed by atoms with E-state index in [1.807, 2.05) is 0 Å². The number of carbonyl (C=O) groups is 2. The predicted octanol–water partition coefficient (Wildman–Crippen LogP) is 1.05. The molecule has 0 aliphatic carbocycles. The third-order valence-electron chi connectivity index (χ3n) is 1.51. The minimum atomic E-state index is -1.31. The molecule has 0 unspecified atom stereocenters. The van der Waals surface area contributed by atoms with Gasteiger partial charge in [-0.15, -0.1) is 0 Å². The summed E-state index contributed by atoms with van der Waals surface area (Å²) in [5, 5.41) is 16.8. The molecule has 0 aromatic rings. The molecule has 80 valence electrons. The van der Waals surface area contributed by atoms with Crippen LogP contribution in [-0.4, -0.2) is 69.4 Å². The van der Waals surface area contributed by atoms with Crippen molar-refractivity contribution in [1.29, 1.82) is 0 Å². The van der Waals surface area contributed by atoms with Gasteiger partial charge < -0.3 is 10.2 Å². The number of carboxylic acid groups (broad SMARTS) is 2. The Kier molecular flexibility index (Phi) is 23.6. The summed E-state index contributed by atoms with van der Waals surface area (Å²) in [5.74, 6) is -2.62. The molecular formula is C9H18LiNaO4. The van der Waals surface area contributed by atoms with Crippen LogP contribution >= 0.6 is 0 Å². The van der Waals surface area contributed by atoms with Crippen LogP contribution in [0.25, 0.3) is 0 Å². The second-order valence-corrected chi connectivity index (χ2v) is 3.02. The van der Waals surface area contributed by atoms with Gasteiger partial charge in [0, 0.05) is 0 Å². The summed E-state index contributed by atoms with van der Waals surface area (Å²) < 4.78 is 0. The van der Waals surface area contributed by atoms with E-state index in [4.69, 9.17) is 10.2 Å². The molecule has 0 aromatic heterocycles. The molecule has 0 saturated heterocycles. The number of aliphatic carboxylic acids is 2. The van der Waals surface area contributed by atoms with Crippen molar-refractivity contribution in [3.63, 3.8) is 0 Å². The molecule has 6 heteroatoms. The van der Waals surface area contributed by atoms with Gasteiger partial charge in [-0.1, -0.05) is 0 Å². The van der Waals surface area contributed by atoms with Crippen molar-refractivity contribution in [2.75, 3.05) is 0 Å². The molecule has 0 radical (unpaired) electrons. The Bertz CT molecular complexity index is 148. The van der Waals surface area contributed by atoms with E-state index < -0.39 is 18.4 Å². The van der Waals surface area contributed by atoms with Gasteiger partial charge in [0.2, 0.25) is 0 Å². The minimum absolute atomic E-state index is 0. The Hall–Kier alpha value is 0.537. The van der Waals surface area contributed by atoms with Crippen LogP contribution < -0.4 is 0 Å². The average molecular weight is 220 g/mol. The molecule has 0 aliphatic rings. The van der Waals surface area contributed by atoms with Crippen molar-refractivity contribution in [3.8, 4) is 0 Å². The number of rotatable bonds is 6. The molecule has 0 amide bonds. The van der Waals surface area contributed by atoms with Crippen LogP contribution in [0.4, 0.5) is 0 Å². The Morgan fingerprint density at radius 3 is 1.73 bits per heavy atom. The molecule has 0 rings (SSSR count). The van der Waals surface area contributed by atoms with Crippen molar-refractivity contribution in [2.45, 2.75) is 44.1 Å². The topological polar surface area (TPSA) is 74.6 Å². The quantitative estimate of drug-likeness (QED) is 0.398. The Balaban J connectivity index is -0.000000180. The normalized spacial score (nSPS) is 8.20. The summed E-state index contributed by atoms with van der Waals surface area (Å²) in [7, 11) is 0. The fourth-order valence-corrected chi connectivity index (χ4v) is 0.806. The Labute approximate surface area is 122 Å². The van der Waals surface area contributed by atoms with Crippen LogP contribution in [0, 0.1) is 0 Å². The molecule has 0 atom stereocenters. The van der Waals surface area contributed by atoms with Crippen molar-refractivity contribution in [2.24, 2.45) is 0 Å². The number of unbranched alkanes of at least 4 members (excludes halogenated alkanes) is 3. The summed E-state index contributed by atoms with van der Waals surface area (Å²) in [6.07, 6.45) is 4.84. The zero-order valence-electron chi connectivity index (χ0n) is 8.95. The standard InChI is InChI=1S/C6H13.C3H4O4.Li.Na.H/c1-3-5-6-4-2;4-2(5)1-3(6)7;;;/h1,3-6H2,2H3;1H2,(H,4,5)(H,6,7);;;. The van der Waals surface area contributed by atoms with E-state index in [9.17, 15) is 9.59 Å². The molecule has 0 aliphatic heterocycles. The van der Waals surface area contributed by atoms with E-state index >= 15 is 0 Å². The van der Waals surface area contributed by atoms with Gasteiger partial charge in [-0.05, 0) is 0 Å². The average Bonchev–Trinajstić information content (AvgIpc) is 2.04. The van der Waals surface area contributed by atoms with Gasteiger partial charge >= 0.3 is 96.9 Å². The van der Waals surface area contributed by atoms with E-state index in [-0.39, 0.29) is 29.6 Å². The first-order valence-corrected chi connectivity index (χ1v) is 4.98. The second kappa shape index (κ2) is 16.9. The molecule has 15 heavy (non-hydrogen) atoms. The van der Waals surface area contributed by atoms with E-state index in [2.05, 4.69) is 24.6 Å². The fourth-order valence-electron chi connectivity index (χ4n) is 0.806. The summed E-state index contributed by atoms with van der Waals surface area (Å²) in [5.41, 5.74) is 0. The second-order valence-electron chi connectivity index (χ2n) is 3.02. The summed E-state index contributed by atoms with van der Waals surface area (Å²) in [6.45, 7) is 2.25. The molecule has 0 aromatic carbocycles. The van der Waals surface area contributed by atoms with Crippen molar-refractivity contribution < 1.29 is 19.8 Å². The maximum absolute atomic E-state index is 9.43. The van der Waals surface area contributed by atoms with E-state index in [0.717, 1.165) is 0 Å².